The summed E-state index contributed by atoms with van der Waals surface area (Å²) in [6.45, 7) is 2.68. The maximum atomic E-state index is 12.9. The molecule has 3 aliphatic rings. The highest BCUT2D eigenvalue weighted by Gasteiger charge is 2.40. The number of nitrogens with zero attached hydrogens (tertiary/aromatic N) is 2. The van der Waals surface area contributed by atoms with Gasteiger partial charge in [0.05, 0.1) is 12.1 Å². The number of likely N-dealkylation sites (tertiary alicyclic amines) is 2. The quantitative estimate of drug-likeness (QED) is 0.793. The van der Waals surface area contributed by atoms with Crippen LogP contribution in [0.1, 0.15) is 17.9 Å². The van der Waals surface area contributed by atoms with Crippen molar-refractivity contribution in [3.8, 4) is 11.5 Å². The van der Waals surface area contributed by atoms with Gasteiger partial charge in [0.1, 0.15) is 18.1 Å². The number of halogens is 1. The number of nitrogens with one attached hydrogen (secondary N) is 1. The summed E-state index contributed by atoms with van der Waals surface area (Å²) >= 11 is 5.90. The van der Waals surface area contributed by atoms with Gasteiger partial charge in [-0.1, -0.05) is 23.7 Å². The van der Waals surface area contributed by atoms with E-state index in [0.717, 1.165) is 17.9 Å². The second-order valence-electron chi connectivity index (χ2n) is 8.27. The minimum atomic E-state index is -0.108. The van der Waals surface area contributed by atoms with Crippen LogP contribution in [-0.2, 0) is 9.53 Å². The van der Waals surface area contributed by atoms with Crippen LogP contribution in [0.15, 0.2) is 48.5 Å². The molecule has 7 nitrogen and oxygen atoms in total. The molecule has 1 N–H and O–H groups in total. The Morgan fingerprint density at radius 2 is 1.68 bits per heavy atom. The molecule has 5 rings (SSSR count). The van der Waals surface area contributed by atoms with Crippen LogP contribution in [0.4, 0.5) is 4.79 Å². The summed E-state index contributed by atoms with van der Waals surface area (Å²) in [7, 11) is 0. The number of urea groups is 1. The zero-order valence-corrected chi connectivity index (χ0v) is 17.8. The molecule has 3 heterocycles. The molecule has 2 aromatic rings. The molecule has 0 radical (unpaired) electrons. The zero-order chi connectivity index (χ0) is 21.4. The highest BCUT2D eigenvalue weighted by Crippen LogP contribution is 2.31. The molecule has 0 bridgehead atoms. The number of hydrogen-bond acceptors (Lipinski definition) is 4. The summed E-state index contributed by atoms with van der Waals surface area (Å²) < 4.78 is 11.4. The summed E-state index contributed by atoms with van der Waals surface area (Å²) in [6, 6.07) is 15.2. The Morgan fingerprint density at radius 1 is 1.00 bits per heavy atom. The molecule has 162 valence electrons. The van der Waals surface area contributed by atoms with E-state index in [-0.39, 0.29) is 30.7 Å². The van der Waals surface area contributed by atoms with Crippen LogP contribution in [0.3, 0.4) is 0 Å². The van der Waals surface area contributed by atoms with Crippen molar-refractivity contribution >= 4 is 23.5 Å². The molecule has 3 fully saturated rings. The van der Waals surface area contributed by atoms with Crippen molar-refractivity contribution in [2.24, 2.45) is 0 Å². The molecule has 3 aliphatic heterocycles. The van der Waals surface area contributed by atoms with Crippen LogP contribution in [0.5, 0.6) is 11.5 Å². The predicted octanol–water partition coefficient (Wildman–Crippen LogP) is 3.24. The smallest absolute Gasteiger partial charge is 0.320 e. The number of carbonyl (C=O) groups excluding carboxylic acids is 2. The topological polar surface area (TPSA) is 71.1 Å². The van der Waals surface area contributed by atoms with Crippen molar-refractivity contribution in [2.75, 3.05) is 32.8 Å². The Morgan fingerprint density at radius 3 is 2.39 bits per heavy atom. The number of benzene rings is 2. The lowest BCUT2D eigenvalue weighted by atomic mass is 9.91. The van der Waals surface area contributed by atoms with Crippen LogP contribution in [-0.4, -0.2) is 66.7 Å². The van der Waals surface area contributed by atoms with E-state index in [4.69, 9.17) is 21.1 Å². The lowest BCUT2D eigenvalue weighted by Crippen LogP contribution is -2.63. The molecule has 31 heavy (non-hydrogen) atoms. The van der Waals surface area contributed by atoms with Crippen LogP contribution < -0.4 is 10.1 Å². The summed E-state index contributed by atoms with van der Waals surface area (Å²) in [5.74, 6) is 1.71. The van der Waals surface area contributed by atoms with Crippen LogP contribution in [0, 0.1) is 0 Å². The van der Waals surface area contributed by atoms with E-state index < -0.39 is 0 Å². The Balaban J connectivity index is 1.13. The summed E-state index contributed by atoms with van der Waals surface area (Å²) in [5.41, 5.74) is 1.19. The van der Waals surface area contributed by atoms with Crippen LogP contribution >= 0.6 is 11.6 Å². The van der Waals surface area contributed by atoms with Gasteiger partial charge in [-0.05, 0) is 48.4 Å². The number of hydrogen-bond donors (Lipinski definition) is 1. The summed E-state index contributed by atoms with van der Waals surface area (Å²) in [5, 5.41) is 3.62. The summed E-state index contributed by atoms with van der Waals surface area (Å²) in [6.07, 6.45) is 0.766. The van der Waals surface area contributed by atoms with Crippen LogP contribution in [0.25, 0.3) is 0 Å². The van der Waals surface area contributed by atoms with Gasteiger partial charge in [-0.3, -0.25) is 4.79 Å². The number of ether oxygens (including phenoxy) is 2. The van der Waals surface area contributed by atoms with Crippen molar-refractivity contribution in [1.29, 1.82) is 0 Å². The van der Waals surface area contributed by atoms with E-state index in [1.807, 2.05) is 34.1 Å². The van der Waals surface area contributed by atoms with E-state index >= 15 is 0 Å². The standard InChI is InChI=1S/C23H24ClN3O4/c24-17-3-7-19(8-4-17)31-18-5-1-15(2-6-18)16-11-27(12-16)23(29)26-10-9-21-20(13-26)25-22(28)14-30-21/h1-8,16,20-21H,9-14H2,(H,25,28)/t20-,21?/m1/s1. The average Bonchev–Trinajstić information content (AvgIpc) is 2.75. The molecule has 0 aromatic heterocycles. The third kappa shape index (κ3) is 4.34. The Kier molecular flexibility index (Phi) is 5.46. The second-order valence-corrected chi connectivity index (χ2v) is 8.70. The van der Waals surface area contributed by atoms with E-state index in [2.05, 4.69) is 17.4 Å². The van der Waals surface area contributed by atoms with Crippen molar-refractivity contribution < 1.29 is 19.1 Å². The molecule has 3 amide bonds. The first-order valence-corrected chi connectivity index (χ1v) is 10.9. The van der Waals surface area contributed by atoms with E-state index in [1.165, 1.54) is 5.56 Å². The molecular weight excluding hydrogens is 418 g/mol. The normalized spacial score (nSPS) is 23.6. The van der Waals surface area contributed by atoms with E-state index in [0.29, 0.717) is 37.1 Å². The number of amides is 3. The monoisotopic (exact) mass is 441 g/mol. The van der Waals surface area contributed by atoms with Crippen molar-refractivity contribution in [3.05, 3.63) is 59.1 Å². The lowest BCUT2D eigenvalue weighted by Gasteiger charge is -2.46. The molecule has 3 saturated heterocycles. The number of piperidine rings is 1. The fourth-order valence-corrected chi connectivity index (χ4v) is 4.49. The van der Waals surface area contributed by atoms with Gasteiger partial charge in [-0.25, -0.2) is 4.79 Å². The lowest BCUT2D eigenvalue weighted by molar-refractivity contribution is -0.139. The highest BCUT2D eigenvalue weighted by atomic mass is 35.5. The number of rotatable bonds is 3. The molecular formula is C23H24ClN3O4. The number of fused-ring (bicyclic) bond motifs is 1. The Bertz CT molecular complexity index is 960. The fourth-order valence-electron chi connectivity index (χ4n) is 4.37. The maximum Gasteiger partial charge on any atom is 0.320 e. The van der Waals surface area contributed by atoms with Crippen molar-refractivity contribution in [1.82, 2.24) is 15.1 Å². The van der Waals surface area contributed by atoms with Crippen LogP contribution in [0.2, 0.25) is 5.02 Å². The fraction of sp³-hybridized carbons (Fsp3) is 0.391. The number of carbonyl (C=O) groups is 2. The molecule has 0 aliphatic carbocycles. The first-order valence-electron chi connectivity index (χ1n) is 10.5. The first kappa shape index (κ1) is 20.2. The largest absolute Gasteiger partial charge is 0.457 e. The van der Waals surface area contributed by atoms with Gasteiger partial charge >= 0.3 is 6.03 Å². The third-order valence-corrected chi connectivity index (χ3v) is 6.40. The minimum Gasteiger partial charge on any atom is -0.457 e. The third-order valence-electron chi connectivity index (χ3n) is 6.15. The molecule has 0 saturated carbocycles. The van der Waals surface area contributed by atoms with Gasteiger partial charge in [0.2, 0.25) is 5.91 Å². The van der Waals surface area contributed by atoms with Gasteiger partial charge < -0.3 is 24.6 Å². The van der Waals surface area contributed by atoms with E-state index in [1.54, 1.807) is 12.1 Å². The van der Waals surface area contributed by atoms with Gasteiger partial charge in [-0.2, -0.15) is 0 Å². The molecule has 8 heteroatoms. The first-order chi connectivity index (χ1) is 15.0. The molecule has 2 atom stereocenters. The predicted molar refractivity (Wildman–Crippen MR) is 116 cm³/mol. The molecule has 2 aromatic carbocycles. The van der Waals surface area contributed by atoms with Gasteiger partial charge in [0, 0.05) is 37.1 Å². The highest BCUT2D eigenvalue weighted by molar-refractivity contribution is 6.30. The Labute approximate surface area is 185 Å². The Hall–Kier alpha value is -2.77. The van der Waals surface area contributed by atoms with E-state index in [9.17, 15) is 9.59 Å². The zero-order valence-electron chi connectivity index (χ0n) is 17.0. The minimum absolute atomic E-state index is 0.0134. The second kappa shape index (κ2) is 8.40. The summed E-state index contributed by atoms with van der Waals surface area (Å²) in [4.78, 5) is 28.1. The molecule has 0 spiro atoms. The average molecular weight is 442 g/mol. The van der Waals surface area contributed by atoms with Crippen molar-refractivity contribution in [3.63, 3.8) is 0 Å². The SMILES string of the molecule is O=C1COC2CCN(C(=O)N3CC(c4ccc(Oc5ccc(Cl)cc5)cc4)C3)C[C@H]2N1. The maximum absolute atomic E-state index is 12.9. The van der Waals surface area contributed by atoms with Gasteiger partial charge in [0.25, 0.3) is 0 Å². The van der Waals surface area contributed by atoms with Gasteiger partial charge in [0.15, 0.2) is 0 Å². The molecule has 1 unspecified atom stereocenters. The van der Waals surface area contributed by atoms with Gasteiger partial charge in [-0.15, -0.1) is 0 Å². The van der Waals surface area contributed by atoms with Crippen molar-refractivity contribution in [2.45, 2.75) is 24.5 Å². The number of morpholine rings is 1.